The number of primary sulfonamides is 1. The molecule has 0 aromatic heterocycles. The highest BCUT2D eigenvalue weighted by molar-refractivity contribution is 7.89. The van der Waals surface area contributed by atoms with Gasteiger partial charge in [0, 0.05) is 0 Å². The number of carbonyl (C=O) groups is 5. The molecule has 0 aliphatic heterocycles. The first-order chi connectivity index (χ1) is 18.6. The number of amides is 2. The summed E-state index contributed by atoms with van der Waals surface area (Å²) in [5, 5.41) is 37.4. The van der Waals surface area contributed by atoms with Gasteiger partial charge in [-0.3, -0.25) is 24.5 Å². The van der Waals surface area contributed by atoms with E-state index in [0.717, 1.165) is 11.6 Å². The number of hydrogen-bond donors (Lipinski definition) is 6. The van der Waals surface area contributed by atoms with Crippen LogP contribution in [0.5, 0.6) is 0 Å². The van der Waals surface area contributed by atoms with Crippen molar-refractivity contribution in [3.8, 4) is 0 Å². The van der Waals surface area contributed by atoms with Crippen LogP contribution in [0.2, 0.25) is 5.02 Å². The number of carboxylic acids is 3. The quantitative estimate of drug-likeness (QED) is 0.171. The molecule has 0 unspecified atom stereocenters. The number of rotatable bonds is 14. The first-order valence-corrected chi connectivity index (χ1v) is 13.5. The van der Waals surface area contributed by atoms with Gasteiger partial charge in [0.25, 0.3) is 0 Å². The van der Waals surface area contributed by atoms with Crippen LogP contribution in [0.25, 0.3) is 0 Å². The number of carboxylic acid groups (broad SMARTS) is 3. The average molecular weight is 635 g/mol. The number of carbonyl (C=O) groups excluding carboxylic acids is 2. The van der Waals surface area contributed by atoms with Gasteiger partial charge in [0.05, 0.1) is 22.3 Å². The van der Waals surface area contributed by atoms with Crippen molar-refractivity contribution in [2.45, 2.75) is 36.7 Å². The number of hydrogen-bond acceptors (Lipinski definition) is 8. The normalized spacial score (nSPS) is 12.4. The Morgan fingerprint density at radius 1 is 1.02 bits per heavy atom. The van der Waals surface area contributed by atoms with E-state index in [1.54, 1.807) is 18.2 Å². The Labute approximate surface area is 245 Å². The Morgan fingerprint density at radius 3 is 2.15 bits per heavy atom. The van der Waals surface area contributed by atoms with Crippen molar-refractivity contribution in [1.29, 1.82) is 0 Å². The van der Waals surface area contributed by atoms with Gasteiger partial charge in [-0.1, -0.05) is 41.9 Å². The molecular weight excluding hydrogens is 607 g/mol. The Bertz CT molecular complexity index is 1410. The fourth-order valence-electron chi connectivity index (χ4n) is 3.64. The van der Waals surface area contributed by atoms with Gasteiger partial charge >= 0.3 is 17.9 Å². The molecule has 0 radical (unpaired) electrons. The molecule has 0 bridgehead atoms. The Balaban J connectivity index is 0.00000840. The summed E-state index contributed by atoms with van der Waals surface area (Å²) in [5.74, 6) is -6.24. The van der Waals surface area contributed by atoms with E-state index in [0.29, 0.717) is 17.4 Å². The third-order valence-electron chi connectivity index (χ3n) is 5.52. The third-order valence-corrected chi connectivity index (χ3v) is 6.98. The van der Waals surface area contributed by atoms with E-state index in [2.05, 4.69) is 10.6 Å². The minimum atomic E-state index is -4.50. The first kappa shape index (κ1) is 35.3. The number of sulfonamides is 1. The van der Waals surface area contributed by atoms with E-state index in [1.807, 2.05) is 12.1 Å². The molecule has 2 aromatic rings. The molecule has 17 heteroatoms. The van der Waals surface area contributed by atoms with E-state index in [1.165, 1.54) is 6.92 Å². The maximum absolute atomic E-state index is 13.0. The first-order valence-electron chi connectivity index (χ1n) is 11.5. The van der Waals surface area contributed by atoms with Gasteiger partial charge < -0.3 is 25.5 Å². The van der Waals surface area contributed by atoms with Gasteiger partial charge in [-0.15, -0.1) is 12.4 Å². The summed E-state index contributed by atoms with van der Waals surface area (Å²) in [6.45, 7) is -0.512. The standard InChI is InChI=1S/C24H27ClN4O10S.ClH/c1-13(27-16(24(36)37)8-7-14-5-3-2-4-6-14)22(33)29(12-20(31)32)11-19(30)28-17-9-15(23(34)35)10-18(21(17)25)40(26,38)39;/h2-6,9-10,13,16,27H,7-8,11-12H2,1H3,(H,28,30)(H,31,32)(H,34,35)(H,36,37)(H2,26,38,39);1H/t13-,16-;/m0./s1. The van der Waals surface area contributed by atoms with Crippen molar-refractivity contribution in [2.24, 2.45) is 5.14 Å². The van der Waals surface area contributed by atoms with E-state index in [9.17, 15) is 47.7 Å². The lowest BCUT2D eigenvalue weighted by molar-refractivity contribution is -0.147. The zero-order chi connectivity index (χ0) is 30.2. The van der Waals surface area contributed by atoms with Crippen LogP contribution in [0.3, 0.4) is 0 Å². The summed E-state index contributed by atoms with van der Waals surface area (Å²) in [7, 11) is -4.50. The average Bonchev–Trinajstić information content (AvgIpc) is 2.86. The number of benzene rings is 2. The Hall–Kier alpha value is -3.76. The minimum Gasteiger partial charge on any atom is -0.480 e. The molecule has 224 valence electrons. The second-order valence-electron chi connectivity index (χ2n) is 8.63. The molecule has 0 spiro atoms. The van der Waals surface area contributed by atoms with Crippen molar-refractivity contribution >= 4 is 69.4 Å². The number of aliphatic carboxylic acids is 2. The largest absolute Gasteiger partial charge is 0.480 e. The van der Waals surface area contributed by atoms with Crippen molar-refractivity contribution < 1.29 is 47.7 Å². The molecular formula is C24H28Cl2N4O10S. The van der Waals surface area contributed by atoms with Crippen molar-refractivity contribution in [2.75, 3.05) is 18.4 Å². The van der Waals surface area contributed by atoms with E-state index in [4.69, 9.17) is 16.7 Å². The minimum absolute atomic E-state index is 0. The monoisotopic (exact) mass is 634 g/mol. The molecule has 14 nitrogen and oxygen atoms in total. The van der Waals surface area contributed by atoms with Gasteiger partial charge in [-0.2, -0.15) is 0 Å². The SMILES string of the molecule is C[C@H](N[C@@H](CCc1ccccc1)C(=O)O)C(=O)N(CC(=O)O)CC(=O)Nc1cc(C(=O)O)cc(S(N)(=O)=O)c1Cl.Cl. The molecule has 0 aliphatic carbocycles. The van der Waals surface area contributed by atoms with Gasteiger partial charge in [-0.05, 0) is 37.5 Å². The maximum Gasteiger partial charge on any atom is 0.335 e. The van der Waals surface area contributed by atoms with Crippen molar-refractivity contribution in [1.82, 2.24) is 10.2 Å². The molecule has 2 aromatic carbocycles. The fourth-order valence-corrected chi connectivity index (χ4v) is 4.77. The van der Waals surface area contributed by atoms with E-state index < -0.39 is 86.1 Å². The predicted molar refractivity (Wildman–Crippen MR) is 149 cm³/mol. The lowest BCUT2D eigenvalue weighted by atomic mass is 10.0. The van der Waals surface area contributed by atoms with Crippen LogP contribution in [-0.4, -0.2) is 83.5 Å². The summed E-state index contributed by atoms with van der Waals surface area (Å²) in [6, 6.07) is 8.16. The van der Waals surface area contributed by atoms with Crippen LogP contribution in [0.4, 0.5) is 5.69 Å². The molecule has 41 heavy (non-hydrogen) atoms. The van der Waals surface area contributed by atoms with Gasteiger partial charge in [0.15, 0.2) is 0 Å². The van der Waals surface area contributed by atoms with Gasteiger partial charge in [0.2, 0.25) is 21.8 Å². The summed E-state index contributed by atoms with van der Waals surface area (Å²) in [6.07, 6.45) is 0.491. The summed E-state index contributed by atoms with van der Waals surface area (Å²) in [4.78, 5) is 60.1. The third kappa shape index (κ3) is 10.6. The number of nitrogens with zero attached hydrogens (tertiary/aromatic N) is 1. The molecule has 2 amide bonds. The number of aromatic carboxylic acids is 1. The molecule has 2 rings (SSSR count). The zero-order valence-corrected chi connectivity index (χ0v) is 23.8. The Morgan fingerprint density at radius 2 is 1.63 bits per heavy atom. The van der Waals surface area contributed by atoms with Crippen LogP contribution in [0.15, 0.2) is 47.4 Å². The number of anilines is 1. The van der Waals surface area contributed by atoms with Crippen molar-refractivity contribution in [3.05, 3.63) is 58.6 Å². The molecule has 0 fully saturated rings. The molecule has 0 heterocycles. The van der Waals surface area contributed by atoms with Crippen molar-refractivity contribution in [3.63, 3.8) is 0 Å². The predicted octanol–water partition coefficient (Wildman–Crippen LogP) is 1.02. The van der Waals surface area contributed by atoms with Gasteiger partial charge in [0.1, 0.15) is 24.0 Å². The van der Waals surface area contributed by atoms with Crippen LogP contribution in [0.1, 0.15) is 29.3 Å². The van der Waals surface area contributed by atoms with E-state index >= 15 is 0 Å². The summed E-state index contributed by atoms with van der Waals surface area (Å²) in [5.41, 5.74) is -0.165. The van der Waals surface area contributed by atoms with Crippen LogP contribution < -0.4 is 15.8 Å². The van der Waals surface area contributed by atoms with Gasteiger partial charge in [-0.25, -0.2) is 18.4 Å². The maximum atomic E-state index is 13.0. The second kappa shape index (κ2) is 15.3. The summed E-state index contributed by atoms with van der Waals surface area (Å²) >= 11 is 6.00. The van der Waals surface area contributed by atoms with Crippen LogP contribution >= 0.6 is 24.0 Å². The number of halogens is 2. The number of aryl methyl sites for hydroxylation is 1. The highest BCUT2D eigenvalue weighted by Gasteiger charge is 2.29. The highest BCUT2D eigenvalue weighted by Crippen LogP contribution is 2.30. The van der Waals surface area contributed by atoms with Crippen LogP contribution in [-0.2, 0) is 35.6 Å². The number of nitrogens with two attached hydrogens (primary N) is 1. The molecule has 0 saturated carbocycles. The lowest BCUT2D eigenvalue weighted by Crippen LogP contribution is -2.53. The zero-order valence-electron chi connectivity index (χ0n) is 21.4. The Kier molecular flexibility index (Phi) is 13.2. The second-order valence-corrected chi connectivity index (χ2v) is 10.5. The molecule has 7 N–H and O–H groups in total. The van der Waals surface area contributed by atoms with Crippen LogP contribution in [0, 0.1) is 0 Å². The molecule has 0 aliphatic rings. The summed E-state index contributed by atoms with van der Waals surface area (Å²) < 4.78 is 23.6. The lowest BCUT2D eigenvalue weighted by Gasteiger charge is -2.26. The number of nitrogens with one attached hydrogen (secondary N) is 2. The van der Waals surface area contributed by atoms with E-state index in [-0.39, 0.29) is 18.8 Å². The smallest absolute Gasteiger partial charge is 0.335 e. The molecule has 0 saturated heterocycles. The highest BCUT2D eigenvalue weighted by atomic mass is 35.5. The fraction of sp³-hybridized carbons (Fsp3) is 0.292. The molecule has 2 atom stereocenters. The topological polar surface area (TPSA) is 234 Å².